The van der Waals surface area contributed by atoms with Gasteiger partial charge >= 0.3 is 29.6 Å². The predicted molar refractivity (Wildman–Crippen MR) is 28.5 cm³/mol. The Labute approximate surface area is 69.9 Å². The monoisotopic (exact) mass is 128 g/mol. The number of hydrogen-bond acceptors (Lipinski definition) is 1. The van der Waals surface area contributed by atoms with Gasteiger partial charge in [0.2, 0.25) is 0 Å². The fourth-order valence-corrected chi connectivity index (χ4v) is 0.668. The van der Waals surface area contributed by atoms with Gasteiger partial charge in [-0.1, -0.05) is 13.3 Å². The van der Waals surface area contributed by atoms with Crippen molar-refractivity contribution in [2.45, 2.75) is 19.8 Å². The van der Waals surface area contributed by atoms with Gasteiger partial charge in [-0.25, -0.2) is 0 Å². The van der Waals surface area contributed by atoms with E-state index in [1.807, 2.05) is 0 Å². The van der Waals surface area contributed by atoms with Gasteiger partial charge in [0.05, 0.1) is 0 Å². The van der Waals surface area contributed by atoms with Gasteiger partial charge in [-0.3, -0.25) is 4.57 Å². The summed E-state index contributed by atoms with van der Waals surface area (Å²) in [6, 6.07) is 0. The van der Waals surface area contributed by atoms with Crippen LogP contribution in [0.2, 0.25) is 0 Å². The first kappa shape index (κ1) is 11.0. The minimum Gasteiger partial charge on any atom is -1.00 e. The molecule has 0 saturated carbocycles. The van der Waals surface area contributed by atoms with Crippen molar-refractivity contribution in [3.63, 3.8) is 0 Å². The molecule has 0 bridgehead atoms. The Hall–Kier alpha value is 1.10. The maximum absolute atomic E-state index is 9.66. The molecule has 3 heteroatoms. The van der Waals surface area contributed by atoms with Crippen molar-refractivity contribution < 1.29 is 35.5 Å². The molecule has 0 saturated heterocycles. The van der Waals surface area contributed by atoms with Crippen molar-refractivity contribution in [3.05, 3.63) is 0 Å². The summed E-state index contributed by atoms with van der Waals surface area (Å²) in [6.45, 7) is 2.09. The van der Waals surface area contributed by atoms with E-state index in [1.54, 1.807) is 0 Å². The Balaban J connectivity index is -0.000000125. The Kier molecular flexibility index (Phi) is 15.9. The Morgan fingerprint density at radius 3 is 2.43 bits per heavy atom. The second kappa shape index (κ2) is 10.2. The van der Waals surface area contributed by atoms with E-state index >= 15 is 0 Å². The summed E-state index contributed by atoms with van der Waals surface area (Å²) in [6.07, 6.45) is 3.07. The molecule has 0 fully saturated rings. The van der Waals surface area contributed by atoms with Gasteiger partial charge in [-0.05, 0) is 6.42 Å². The first-order valence-corrected chi connectivity index (χ1v) is 3.20. The normalized spacial score (nSPS) is 8.14. The average Bonchev–Trinajstić information content (AvgIpc) is 1.61. The van der Waals surface area contributed by atoms with E-state index in [2.05, 4.69) is 6.92 Å². The second-order valence-corrected chi connectivity index (χ2v) is 1.91. The van der Waals surface area contributed by atoms with Gasteiger partial charge in [0, 0.05) is 6.16 Å². The van der Waals surface area contributed by atoms with Crippen LogP contribution >= 0.6 is 8.46 Å². The smallest absolute Gasteiger partial charge is 1.00 e. The van der Waals surface area contributed by atoms with Gasteiger partial charge in [0.1, 0.15) is 0 Å². The van der Waals surface area contributed by atoms with Gasteiger partial charge < -0.3 is 1.43 Å². The van der Waals surface area contributed by atoms with Crippen LogP contribution in [0.3, 0.4) is 0 Å². The quantitative estimate of drug-likeness (QED) is 0.276. The molecule has 0 aliphatic carbocycles. The van der Waals surface area contributed by atoms with E-state index < -0.39 is 0 Å². The van der Waals surface area contributed by atoms with E-state index in [9.17, 15) is 4.57 Å². The van der Waals surface area contributed by atoms with Crippen LogP contribution in [0.25, 0.3) is 0 Å². The summed E-state index contributed by atoms with van der Waals surface area (Å²) in [4.78, 5) is 0. The van der Waals surface area contributed by atoms with Gasteiger partial charge in [-0.15, -0.1) is 0 Å². The zero-order valence-electron chi connectivity index (χ0n) is 5.98. The van der Waals surface area contributed by atoms with Gasteiger partial charge in [0.15, 0.2) is 8.46 Å². The van der Waals surface area contributed by atoms with Crippen LogP contribution in [-0.4, -0.2) is 6.16 Å². The van der Waals surface area contributed by atoms with Gasteiger partial charge in [-0.2, -0.15) is 0 Å². The van der Waals surface area contributed by atoms with E-state index in [0.717, 1.165) is 19.0 Å². The van der Waals surface area contributed by atoms with Crippen LogP contribution in [0.1, 0.15) is 21.2 Å². The summed E-state index contributed by atoms with van der Waals surface area (Å²) in [5.41, 5.74) is 0. The molecule has 0 aromatic carbocycles. The first-order valence-electron chi connectivity index (χ1n) is 2.21. The van der Waals surface area contributed by atoms with Crippen molar-refractivity contribution in [1.29, 1.82) is 0 Å². The van der Waals surface area contributed by atoms with E-state index in [-0.39, 0.29) is 31.0 Å². The molecule has 0 unspecified atom stereocenters. The molecule has 0 atom stereocenters. The standard InChI is InChI=1S/C4H9OP.Na.H/c1-2-3-4-6-5;;/h2-4H2,1H3;;/q;+1;-1. The molecule has 1 nitrogen and oxygen atoms in total. The summed E-state index contributed by atoms with van der Waals surface area (Å²) >= 11 is 0. The van der Waals surface area contributed by atoms with Crippen LogP contribution < -0.4 is 29.6 Å². The maximum atomic E-state index is 9.66. The third-order valence-corrected chi connectivity index (χ3v) is 1.10. The molecular weight excluding hydrogens is 118 g/mol. The third kappa shape index (κ3) is 11.0. The molecule has 0 aromatic heterocycles. The third-order valence-electron chi connectivity index (χ3n) is 0.603. The summed E-state index contributed by atoms with van der Waals surface area (Å²) in [5, 5.41) is 0. The summed E-state index contributed by atoms with van der Waals surface area (Å²) in [7, 11) is 0.295. The van der Waals surface area contributed by atoms with Crippen LogP contribution in [-0.2, 0) is 4.57 Å². The van der Waals surface area contributed by atoms with Gasteiger partial charge in [0.25, 0.3) is 0 Å². The van der Waals surface area contributed by atoms with Crippen LogP contribution in [0.5, 0.6) is 0 Å². The van der Waals surface area contributed by atoms with E-state index in [1.165, 1.54) is 0 Å². The van der Waals surface area contributed by atoms with Crippen molar-refractivity contribution in [1.82, 2.24) is 0 Å². The topological polar surface area (TPSA) is 17.1 Å². The van der Waals surface area contributed by atoms with Crippen molar-refractivity contribution in [2.75, 3.05) is 6.16 Å². The molecule has 0 aliphatic rings. The van der Waals surface area contributed by atoms with Crippen molar-refractivity contribution in [2.24, 2.45) is 0 Å². The zero-order chi connectivity index (χ0) is 4.83. The number of unbranched alkanes of at least 4 members (excludes halogenated alkanes) is 1. The van der Waals surface area contributed by atoms with Crippen LogP contribution in [0.4, 0.5) is 0 Å². The molecule has 0 amide bonds. The maximum Gasteiger partial charge on any atom is 1.00 e. The molecular formula is C4H10NaOP. The fourth-order valence-electron chi connectivity index (χ4n) is 0.223. The summed E-state index contributed by atoms with van der Waals surface area (Å²) < 4.78 is 9.66. The van der Waals surface area contributed by atoms with E-state index in [4.69, 9.17) is 0 Å². The second-order valence-electron chi connectivity index (χ2n) is 1.21. The minimum absolute atomic E-state index is 0. The predicted octanol–water partition coefficient (Wildman–Crippen LogP) is -0.805. The Bertz CT molecular complexity index is 45.0. The Morgan fingerprint density at radius 1 is 1.71 bits per heavy atom. The molecule has 0 N–H and O–H groups in total. The largest absolute Gasteiger partial charge is 1.00 e. The SMILES string of the molecule is CCCCP=O.[H-].[Na+]. The van der Waals surface area contributed by atoms with Crippen molar-refractivity contribution >= 4 is 8.46 Å². The van der Waals surface area contributed by atoms with Crippen LogP contribution in [0, 0.1) is 0 Å². The Morgan fingerprint density at radius 2 is 2.29 bits per heavy atom. The van der Waals surface area contributed by atoms with Crippen LogP contribution in [0.15, 0.2) is 0 Å². The number of hydrogen-bond donors (Lipinski definition) is 0. The number of rotatable bonds is 3. The average molecular weight is 128 g/mol. The molecule has 0 rings (SSSR count). The molecule has 0 spiro atoms. The van der Waals surface area contributed by atoms with Crippen molar-refractivity contribution in [3.8, 4) is 0 Å². The molecule has 0 heterocycles. The fraction of sp³-hybridized carbons (Fsp3) is 1.00. The minimum atomic E-state index is 0. The van der Waals surface area contributed by atoms with E-state index in [0.29, 0.717) is 8.46 Å². The molecule has 7 heavy (non-hydrogen) atoms. The molecule has 0 aliphatic heterocycles. The molecule has 38 valence electrons. The molecule has 0 aromatic rings. The zero-order valence-corrected chi connectivity index (χ0v) is 7.87. The first-order chi connectivity index (χ1) is 2.91. The molecule has 0 radical (unpaired) electrons. The summed E-state index contributed by atoms with van der Waals surface area (Å²) in [5.74, 6) is 0.